The van der Waals surface area contributed by atoms with E-state index in [1.165, 1.54) is 27.7 Å². The van der Waals surface area contributed by atoms with Gasteiger partial charge in [0.25, 0.3) is 0 Å². The first-order chi connectivity index (χ1) is 8.72. The fourth-order valence-electron chi connectivity index (χ4n) is 2.54. The fraction of sp³-hybridized carbons (Fsp3) is 0.429. The Kier molecular flexibility index (Phi) is 3.77. The fourth-order valence-corrected chi connectivity index (χ4v) is 4.66. The van der Waals surface area contributed by atoms with Crippen LogP contribution in [0.15, 0.2) is 22.6 Å². The van der Waals surface area contributed by atoms with Crippen LogP contribution in [0.25, 0.3) is 0 Å². The Balaban J connectivity index is 1.70. The summed E-state index contributed by atoms with van der Waals surface area (Å²) in [4.78, 5) is 1.57. The van der Waals surface area contributed by atoms with Crippen molar-refractivity contribution in [2.45, 2.75) is 38.8 Å². The minimum Gasteiger partial charge on any atom is -0.465 e. The van der Waals surface area contributed by atoms with Crippen molar-refractivity contribution in [2.24, 2.45) is 0 Å². The molecular weight excluding hydrogens is 357 g/mol. The minimum absolute atomic E-state index is 0.499. The van der Waals surface area contributed by atoms with E-state index in [-0.39, 0.29) is 0 Å². The van der Waals surface area contributed by atoms with E-state index >= 15 is 0 Å². The van der Waals surface area contributed by atoms with Crippen molar-refractivity contribution < 1.29 is 4.42 Å². The van der Waals surface area contributed by atoms with Gasteiger partial charge < -0.3 is 9.73 Å². The van der Waals surface area contributed by atoms with Crippen LogP contribution in [0.2, 0.25) is 0 Å². The molecule has 0 aliphatic heterocycles. The molecule has 0 saturated heterocycles. The zero-order valence-corrected chi connectivity index (χ0v) is 13.3. The number of aryl methyl sites for hydroxylation is 2. The van der Waals surface area contributed by atoms with E-state index in [2.05, 4.69) is 40.0 Å². The molecule has 0 amide bonds. The summed E-state index contributed by atoms with van der Waals surface area (Å²) < 4.78 is 7.01. The summed E-state index contributed by atoms with van der Waals surface area (Å²) >= 11 is 4.37. The molecule has 4 heteroatoms. The lowest BCUT2D eigenvalue weighted by Crippen LogP contribution is -2.23. The van der Waals surface area contributed by atoms with Crippen molar-refractivity contribution in [3.8, 4) is 0 Å². The van der Waals surface area contributed by atoms with Crippen LogP contribution in [0.3, 0.4) is 0 Å². The maximum atomic E-state index is 5.61. The third-order valence-electron chi connectivity index (χ3n) is 3.40. The van der Waals surface area contributed by atoms with Gasteiger partial charge in [-0.25, -0.2) is 0 Å². The van der Waals surface area contributed by atoms with E-state index < -0.39 is 0 Å². The van der Waals surface area contributed by atoms with E-state index in [4.69, 9.17) is 4.42 Å². The van der Waals surface area contributed by atoms with Crippen LogP contribution in [0.4, 0.5) is 0 Å². The Morgan fingerprint density at radius 2 is 2.39 bits per heavy atom. The molecule has 1 atom stereocenters. The van der Waals surface area contributed by atoms with Gasteiger partial charge in [0.2, 0.25) is 0 Å². The summed E-state index contributed by atoms with van der Waals surface area (Å²) in [7, 11) is 0. The van der Waals surface area contributed by atoms with Gasteiger partial charge in [-0.15, -0.1) is 11.3 Å². The van der Waals surface area contributed by atoms with Crippen molar-refractivity contribution in [3.63, 3.8) is 0 Å². The molecule has 2 aromatic heterocycles. The number of halogens is 1. The first-order valence-electron chi connectivity index (χ1n) is 6.29. The Bertz CT molecular complexity index is 546. The number of furan rings is 1. The molecule has 0 fully saturated rings. The van der Waals surface area contributed by atoms with E-state index in [1.54, 1.807) is 4.88 Å². The number of fused-ring (bicyclic) bond motifs is 1. The standard InChI is InChI=1S/C14H16INOS/c1-9-5-6-10(17-9)8-16-12-3-2-4-13-11(12)7-14(15)18-13/h5-7,12,16H,2-4,8H2,1H3. The molecule has 2 nitrogen and oxygen atoms in total. The zero-order valence-electron chi connectivity index (χ0n) is 10.3. The van der Waals surface area contributed by atoms with E-state index in [0.717, 1.165) is 18.1 Å². The SMILES string of the molecule is Cc1ccc(CNC2CCCc3sc(I)cc32)o1. The average molecular weight is 373 g/mol. The Labute approximate surface area is 125 Å². The quantitative estimate of drug-likeness (QED) is 0.806. The number of hydrogen-bond donors (Lipinski definition) is 1. The minimum atomic E-state index is 0.499. The van der Waals surface area contributed by atoms with Gasteiger partial charge in [0, 0.05) is 10.9 Å². The third-order valence-corrected chi connectivity index (χ3v) is 5.37. The zero-order chi connectivity index (χ0) is 12.5. The summed E-state index contributed by atoms with van der Waals surface area (Å²) in [6, 6.07) is 6.92. The maximum Gasteiger partial charge on any atom is 0.117 e. The highest BCUT2D eigenvalue weighted by molar-refractivity contribution is 14.1. The molecule has 0 radical (unpaired) electrons. The van der Waals surface area contributed by atoms with E-state index in [0.29, 0.717) is 6.04 Å². The average Bonchev–Trinajstić information content (AvgIpc) is 2.91. The van der Waals surface area contributed by atoms with Gasteiger partial charge in [-0.1, -0.05) is 0 Å². The maximum absolute atomic E-state index is 5.61. The van der Waals surface area contributed by atoms with Crippen molar-refractivity contribution in [2.75, 3.05) is 0 Å². The Morgan fingerprint density at radius 3 is 3.17 bits per heavy atom. The largest absolute Gasteiger partial charge is 0.465 e. The molecule has 1 N–H and O–H groups in total. The number of hydrogen-bond acceptors (Lipinski definition) is 3. The summed E-state index contributed by atoms with van der Waals surface area (Å²) in [6.45, 7) is 2.81. The van der Waals surface area contributed by atoms with Gasteiger partial charge in [0.1, 0.15) is 11.5 Å². The smallest absolute Gasteiger partial charge is 0.117 e. The first kappa shape index (κ1) is 12.7. The van der Waals surface area contributed by atoms with Gasteiger partial charge in [-0.3, -0.25) is 0 Å². The lowest BCUT2D eigenvalue weighted by Gasteiger charge is -2.23. The molecule has 1 aliphatic rings. The van der Waals surface area contributed by atoms with Crippen LogP contribution < -0.4 is 5.32 Å². The molecule has 2 aromatic rings. The second-order valence-corrected chi connectivity index (χ2v) is 7.80. The number of thiophene rings is 1. The van der Waals surface area contributed by atoms with Crippen molar-refractivity contribution in [1.82, 2.24) is 5.32 Å². The molecular formula is C14H16INOS. The normalized spacial score (nSPS) is 18.9. The second kappa shape index (κ2) is 5.35. The van der Waals surface area contributed by atoms with Gasteiger partial charge in [0.05, 0.1) is 9.43 Å². The van der Waals surface area contributed by atoms with E-state index in [1.807, 2.05) is 24.3 Å². The highest BCUT2D eigenvalue weighted by Gasteiger charge is 2.22. The summed E-state index contributed by atoms with van der Waals surface area (Å²) in [5.74, 6) is 2.02. The van der Waals surface area contributed by atoms with E-state index in [9.17, 15) is 0 Å². The first-order valence-corrected chi connectivity index (χ1v) is 8.19. The van der Waals surface area contributed by atoms with Gasteiger partial charge in [0.15, 0.2) is 0 Å². The highest BCUT2D eigenvalue weighted by atomic mass is 127. The van der Waals surface area contributed by atoms with Crippen LogP contribution >= 0.6 is 33.9 Å². The molecule has 1 unspecified atom stereocenters. The lowest BCUT2D eigenvalue weighted by atomic mass is 9.94. The molecule has 0 saturated carbocycles. The Hall–Kier alpha value is -0.330. The van der Waals surface area contributed by atoms with Crippen molar-refractivity contribution in [1.29, 1.82) is 0 Å². The number of nitrogens with one attached hydrogen (secondary N) is 1. The topological polar surface area (TPSA) is 25.2 Å². The lowest BCUT2D eigenvalue weighted by molar-refractivity contribution is 0.411. The molecule has 0 bridgehead atoms. The van der Waals surface area contributed by atoms with Gasteiger partial charge in [-0.05, 0) is 72.5 Å². The molecule has 2 heterocycles. The van der Waals surface area contributed by atoms with Crippen molar-refractivity contribution >= 4 is 33.9 Å². The van der Waals surface area contributed by atoms with Crippen LogP contribution in [0.5, 0.6) is 0 Å². The monoisotopic (exact) mass is 373 g/mol. The Morgan fingerprint density at radius 1 is 1.50 bits per heavy atom. The van der Waals surface area contributed by atoms with Crippen LogP contribution in [0, 0.1) is 9.81 Å². The summed E-state index contributed by atoms with van der Waals surface area (Å²) in [5.41, 5.74) is 1.51. The molecule has 1 aliphatic carbocycles. The third kappa shape index (κ3) is 2.65. The van der Waals surface area contributed by atoms with Gasteiger partial charge >= 0.3 is 0 Å². The number of rotatable bonds is 3. The summed E-state index contributed by atoms with van der Waals surface area (Å²) in [6.07, 6.45) is 3.78. The van der Waals surface area contributed by atoms with Crippen LogP contribution in [0.1, 0.15) is 40.8 Å². The van der Waals surface area contributed by atoms with Crippen molar-refractivity contribution in [3.05, 3.63) is 43.0 Å². The predicted octanol–water partition coefficient (Wildman–Crippen LogP) is 4.42. The molecule has 96 valence electrons. The molecule has 3 rings (SSSR count). The predicted molar refractivity (Wildman–Crippen MR) is 83.0 cm³/mol. The van der Waals surface area contributed by atoms with Crippen LogP contribution in [-0.2, 0) is 13.0 Å². The highest BCUT2D eigenvalue weighted by Crippen LogP contribution is 2.36. The summed E-state index contributed by atoms with van der Waals surface area (Å²) in [5, 5.41) is 3.63. The molecule has 18 heavy (non-hydrogen) atoms. The van der Waals surface area contributed by atoms with Crippen LogP contribution in [-0.4, -0.2) is 0 Å². The van der Waals surface area contributed by atoms with Gasteiger partial charge in [-0.2, -0.15) is 0 Å². The molecule has 0 spiro atoms. The molecule has 0 aromatic carbocycles. The second-order valence-electron chi connectivity index (χ2n) is 4.77.